The summed E-state index contributed by atoms with van der Waals surface area (Å²) < 4.78 is 26.5. The molecule has 0 saturated carbocycles. The maximum Gasteiger partial charge on any atom is 0.215 e. The Morgan fingerprint density at radius 3 is 2.78 bits per heavy atom. The average Bonchev–Trinajstić information content (AvgIpc) is 2.29. The zero-order valence-electron chi connectivity index (χ0n) is 9.99. The molecular formula is C12H15BrClNO2S. The Labute approximate surface area is 121 Å². The second kappa shape index (κ2) is 7.28. The van der Waals surface area contributed by atoms with Gasteiger partial charge < -0.3 is 0 Å². The van der Waals surface area contributed by atoms with Crippen molar-refractivity contribution in [3.63, 3.8) is 0 Å². The molecule has 18 heavy (non-hydrogen) atoms. The van der Waals surface area contributed by atoms with E-state index >= 15 is 0 Å². The summed E-state index contributed by atoms with van der Waals surface area (Å²) >= 11 is 8.76. The summed E-state index contributed by atoms with van der Waals surface area (Å²) in [6.45, 7) is 2.38. The predicted octanol–water partition coefficient (Wildman–Crippen LogP) is 2.97. The van der Waals surface area contributed by atoms with E-state index in [1.165, 1.54) is 17.2 Å². The molecule has 3 nitrogen and oxygen atoms in total. The lowest BCUT2D eigenvalue weighted by Gasteiger charge is -2.07. The Bertz CT molecular complexity index is 529. The third-order valence-corrected chi connectivity index (χ3v) is 4.52. The summed E-state index contributed by atoms with van der Waals surface area (Å²) in [7, 11) is -3.27. The lowest BCUT2D eigenvalue weighted by atomic mass is 10.1. The Morgan fingerprint density at radius 1 is 1.44 bits per heavy atom. The largest absolute Gasteiger partial charge is 0.215 e. The van der Waals surface area contributed by atoms with E-state index in [1.54, 1.807) is 0 Å². The molecule has 0 aromatic heterocycles. The van der Waals surface area contributed by atoms with Crippen LogP contribution in [-0.4, -0.2) is 20.7 Å². The fraction of sp³-hybridized carbons (Fsp3) is 0.333. The van der Waals surface area contributed by atoms with Gasteiger partial charge in [-0.15, -0.1) is 0 Å². The van der Waals surface area contributed by atoms with Crippen molar-refractivity contribution < 1.29 is 8.42 Å². The highest BCUT2D eigenvalue weighted by Crippen LogP contribution is 2.18. The maximum absolute atomic E-state index is 11.5. The van der Waals surface area contributed by atoms with E-state index in [0.29, 0.717) is 13.0 Å². The number of hydrogen-bond acceptors (Lipinski definition) is 2. The number of halogens is 2. The smallest absolute Gasteiger partial charge is 0.215 e. The molecule has 0 radical (unpaired) electrons. The molecule has 0 atom stereocenters. The number of hydrogen-bond donors (Lipinski definition) is 1. The summed E-state index contributed by atoms with van der Waals surface area (Å²) in [4.78, 5) is 0. The van der Waals surface area contributed by atoms with E-state index in [2.05, 4.69) is 20.7 Å². The second-order valence-corrected chi connectivity index (χ2v) is 6.84. The monoisotopic (exact) mass is 351 g/mol. The Balaban J connectivity index is 2.51. The Kier molecular flexibility index (Phi) is 6.35. The lowest BCUT2D eigenvalue weighted by molar-refractivity contribution is 0.584. The minimum Gasteiger partial charge on any atom is -0.215 e. The van der Waals surface area contributed by atoms with Gasteiger partial charge in [0.25, 0.3) is 0 Å². The van der Waals surface area contributed by atoms with Crippen LogP contribution in [0.2, 0.25) is 0 Å². The van der Waals surface area contributed by atoms with Crippen molar-refractivity contribution in [1.29, 1.82) is 0 Å². The fourth-order valence-electron chi connectivity index (χ4n) is 1.42. The summed E-state index contributed by atoms with van der Waals surface area (Å²) in [6.07, 6.45) is 2.04. The zero-order valence-corrected chi connectivity index (χ0v) is 13.1. The van der Waals surface area contributed by atoms with Gasteiger partial charge in [-0.1, -0.05) is 45.7 Å². The molecule has 0 unspecified atom stereocenters. The van der Waals surface area contributed by atoms with E-state index in [-0.39, 0.29) is 5.75 Å². The summed E-state index contributed by atoms with van der Waals surface area (Å²) in [5.74, 6) is -0.0917. The molecule has 1 N–H and O–H groups in total. The van der Waals surface area contributed by atoms with Crippen molar-refractivity contribution in [2.45, 2.75) is 13.3 Å². The van der Waals surface area contributed by atoms with Crippen molar-refractivity contribution in [1.82, 2.24) is 4.72 Å². The quantitative estimate of drug-likeness (QED) is 0.855. The van der Waals surface area contributed by atoms with Crippen LogP contribution < -0.4 is 4.72 Å². The third-order valence-electron chi connectivity index (χ3n) is 2.33. The van der Waals surface area contributed by atoms with Crippen molar-refractivity contribution in [2.24, 2.45) is 0 Å². The van der Waals surface area contributed by atoms with Crippen LogP contribution in [0.3, 0.4) is 0 Å². The summed E-state index contributed by atoms with van der Waals surface area (Å²) in [5, 5.41) is 0. The van der Waals surface area contributed by atoms with Crippen molar-refractivity contribution in [3.8, 4) is 0 Å². The Hall–Kier alpha value is -0.360. The van der Waals surface area contributed by atoms with Gasteiger partial charge in [-0.05, 0) is 30.5 Å². The number of aryl methyl sites for hydroxylation is 1. The molecule has 0 heterocycles. The van der Waals surface area contributed by atoms with Gasteiger partial charge in [-0.2, -0.15) is 0 Å². The standard InChI is InChI=1S/C12H15BrClNO2S/c1-10-3-4-11(12(13)9-10)5-7-15-18(16,17)8-2-6-14/h2-4,6,9,15H,5,7-8H2,1H3/b6-2+. The molecule has 0 saturated heterocycles. The van der Waals surface area contributed by atoms with Crippen LogP contribution in [0, 0.1) is 6.92 Å². The van der Waals surface area contributed by atoms with Gasteiger partial charge in [0, 0.05) is 16.6 Å². The van der Waals surface area contributed by atoms with Crippen LogP contribution in [-0.2, 0) is 16.4 Å². The van der Waals surface area contributed by atoms with Gasteiger partial charge in [0.15, 0.2) is 0 Å². The first-order valence-electron chi connectivity index (χ1n) is 5.42. The number of benzene rings is 1. The van der Waals surface area contributed by atoms with Gasteiger partial charge in [-0.3, -0.25) is 0 Å². The average molecular weight is 353 g/mol. The molecule has 6 heteroatoms. The van der Waals surface area contributed by atoms with Crippen LogP contribution in [0.4, 0.5) is 0 Å². The highest BCUT2D eigenvalue weighted by Gasteiger charge is 2.07. The van der Waals surface area contributed by atoms with Crippen LogP contribution in [0.15, 0.2) is 34.3 Å². The molecule has 0 aliphatic carbocycles. The molecule has 0 bridgehead atoms. The zero-order chi connectivity index (χ0) is 13.6. The van der Waals surface area contributed by atoms with Crippen LogP contribution in [0.1, 0.15) is 11.1 Å². The van der Waals surface area contributed by atoms with Gasteiger partial charge in [0.2, 0.25) is 10.0 Å². The third kappa shape index (κ3) is 5.52. The van der Waals surface area contributed by atoms with E-state index < -0.39 is 10.0 Å². The molecule has 0 spiro atoms. The molecule has 1 aromatic rings. The van der Waals surface area contributed by atoms with Gasteiger partial charge >= 0.3 is 0 Å². The molecule has 1 rings (SSSR count). The summed E-state index contributed by atoms with van der Waals surface area (Å²) in [6, 6.07) is 6.01. The van der Waals surface area contributed by atoms with Crippen molar-refractivity contribution in [2.75, 3.05) is 12.3 Å². The Morgan fingerprint density at radius 2 is 2.17 bits per heavy atom. The maximum atomic E-state index is 11.5. The minimum atomic E-state index is -3.27. The first-order valence-corrected chi connectivity index (χ1v) is 8.30. The highest BCUT2D eigenvalue weighted by atomic mass is 79.9. The SMILES string of the molecule is Cc1ccc(CCNS(=O)(=O)C/C=C/Cl)c(Br)c1. The molecule has 0 aliphatic heterocycles. The second-order valence-electron chi connectivity index (χ2n) is 3.88. The molecule has 1 aromatic carbocycles. The minimum absolute atomic E-state index is 0.0917. The number of sulfonamides is 1. The van der Waals surface area contributed by atoms with Gasteiger partial charge in [0.1, 0.15) is 0 Å². The molecule has 0 aliphatic rings. The number of nitrogens with one attached hydrogen (secondary N) is 1. The van der Waals surface area contributed by atoms with Crippen LogP contribution in [0.25, 0.3) is 0 Å². The molecule has 0 amide bonds. The summed E-state index contributed by atoms with van der Waals surface area (Å²) in [5.41, 5.74) is 3.45. The first kappa shape index (κ1) is 15.7. The van der Waals surface area contributed by atoms with Crippen molar-refractivity contribution >= 4 is 37.6 Å². The van der Waals surface area contributed by atoms with Crippen LogP contribution in [0.5, 0.6) is 0 Å². The van der Waals surface area contributed by atoms with E-state index in [9.17, 15) is 8.42 Å². The van der Waals surface area contributed by atoms with Crippen LogP contribution >= 0.6 is 27.5 Å². The van der Waals surface area contributed by atoms with E-state index in [4.69, 9.17) is 11.6 Å². The topological polar surface area (TPSA) is 46.2 Å². The molecule has 100 valence electrons. The highest BCUT2D eigenvalue weighted by molar-refractivity contribution is 9.10. The lowest BCUT2D eigenvalue weighted by Crippen LogP contribution is -2.27. The fourth-order valence-corrected chi connectivity index (χ4v) is 3.19. The molecule has 0 fully saturated rings. The van der Waals surface area contributed by atoms with Gasteiger partial charge in [0.05, 0.1) is 5.75 Å². The normalized spacial score (nSPS) is 12.2. The van der Waals surface area contributed by atoms with E-state index in [0.717, 1.165) is 10.0 Å². The first-order chi connectivity index (χ1) is 8.44. The van der Waals surface area contributed by atoms with Gasteiger partial charge in [-0.25, -0.2) is 13.1 Å². The molecular weight excluding hydrogens is 338 g/mol. The van der Waals surface area contributed by atoms with Crippen molar-refractivity contribution in [3.05, 3.63) is 45.4 Å². The van der Waals surface area contributed by atoms with E-state index in [1.807, 2.05) is 25.1 Å². The predicted molar refractivity (Wildman–Crippen MR) is 79.4 cm³/mol. The number of rotatable bonds is 6.